The molecule has 0 unspecified atom stereocenters. The predicted octanol–water partition coefficient (Wildman–Crippen LogP) is 5.15. The van der Waals surface area contributed by atoms with Crippen molar-refractivity contribution in [2.75, 3.05) is 11.9 Å². The first-order chi connectivity index (χ1) is 12.2. The lowest BCUT2D eigenvalue weighted by Gasteiger charge is -2.15. The average molecular weight is 336 g/mol. The quantitative estimate of drug-likeness (QED) is 0.479. The van der Waals surface area contributed by atoms with E-state index in [0.717, 1.165) is 28.5 Å². The van der Waals surface area contributed by atoms with Crippen molar-refractivity contribution in [1.82, 2.24) is 0 Å². The molecule has 128 valence electrons. The summed E-state index contributed by atoms with van der Waals surface area (Å²) in [6.45, 7) is 3.26. The molecule has 0 aliphatic heterocycles. The molecule has 0 amide bonds. The first kappa shape index (κ1) is 16.8. The van der Waals surface area contributed by atoms with E-state index < -0.39 is 0 Å². The van der Waals surface area contributed by atoms with Crippen LogP contribution in [0.1, 0.15) is 18.9 Å². The van der Waals surface area contributed by atoms with E-state index in [0.29, 0.717) is 18.8 Å². The summed E-state index contributed by atoms with van der Waals surface area (Å²) in [6.07, 6.45) is 0.935. The lowest BCUT2D eigenvalue weighted by molar-refractivity contribution is -0.384. The van der Waals surface area contributed by atoms with Gasteiger partial charge >= 0.3 is 0 Å². The fourth-order valence-corrected chi connectivity index (χ4v) is 2.77. The van der Waals surface area contributed by atoms with Gasteiger partial charge in [-0.15, -0.1) is 0 Å². The van der Waals surface area contributed by atoms with Crippen LogP contribution < -0.4 is 10.1 Å². The van der Waals surface area contributed by atoms with Crippen molar-refractivity contribution in [1.29, 1.82) is 0 Å². The molecule has 0 spiro atoms. The summed E-state index contributed by atoms with van der Waals surface area (Å²) in [5, 5.41) is 16.5. The number of hydrogen-bond acceptors (Lipinski definition) is 4. The zero-order valence-corrected chi connectivity index (χ0v) is 14.1. The maximum absolute atomic E-state index is 10.9. The van der Waals surface area contributed by atoms with E-state index in [1.165, 1.54) is 12.1 Å². The molecule has 0 saturated carbocycles. The Balaban J connectivity index is 1.91. The Morgan fingerprint density at radius 2 is 1.92 bits per heavy atom. The molecule has 5 nitrogen and oxygen atoms in total. The Labute approximate surface area is 146 Å². The Kier molecular flexibility index (Phi) is 5.14. The standard InChI is InChI=1S/C20H20N2O3/c1-2-12-25-20-11-10-15-6-3-4-9-18(15)19(20)14-21-16-7-5-8-17(13-16)22(23)24/h3-11,13,21H,2,12,14H2,1H3. The smallest absolute Gasteiger partial charge is 0.271 e. The van der Waals surface area contributed by atoms with Crippen LogP contribution in [-0.2, 0) is 6.54 Å². The van der Waals surface area contributed by atoms with Crippen LogP contribution in [0.2, 0.25) is 0 Å². The van der Waals surface area contributed by atoms with E-state index in [9.17, 15) is 10.1 Å². The van der Waals surface area contributed by atoms with Gasteiger partial charge in [0.1, 0.15) is 5.75 Å². The minimum Gasteiger partial charge on any atom is -0.493 e. The zero-order chi connectivity index (χ0) is 17.6. The van der Waals surface area contributed by atoms with Gasteiger partial charge in [-0.1, -0.05) is 43.3 Å². The summed E-state index contributed by atoms with van der Waals surface area (Å²) in [7, 11) is 0. The highest BCUT2D eigenvalue weighted by molar-refractivity contribution is 5.88. The topological polar surface area (TPSA) is 64.4 Å². The minimum absolute atomic E-state index is 0.0744. The molecule has 1 N–H and O–H groups in total. The first-order valence-corrected chi connectivity index (χ1v) is 8.31. The number of anilines is 1. The minimum atomic E-state index is -0.390. The summed E-state index contributed by atoms with van der Waals surface area (Å²) < 4.78 is 5.90. The zero-order valence-electron chi connectivity index (χ0n) is 14.1. The molecule has 0 bridgehead atoms. The highest BCUT2D eigenvalue weighted by Crippen LogP contribution is 2.29. The van der Waals surface area contributed by atoms with Crippen molar-refractivity contribution < 1.29 is 9.66 Å². The Morgan fingerprint density at radius 3 is 2.72 bits per heavy atom. The van der Waals surface area contributed by atoms with Crippen molar-refractivity contribution in [3.05, 3.63) is 76.3 Å². The number of rotatable bonds is 7. The van der Waals surface area contributed by atoms with Crippen molar-refractivity contribution in [2.24, 2.45) is 0 Å². The number of fused-ring (bicyclic) bond motifs is 1. The van der Waals surface area contributed by atoms with E-state index in [4.69, 9.17) is 4.74 Å². The maximum atomic E-state index is 10.9. The normalized spacial score (nSPS) is 10.6. The molecule has 0 heterocycles. The van der Waals surface area contributed by atoms with Gasteiger partial charge in [-0.25, -0.2) is 0 Å². The number of non-ortho nitro benzene ring substituents is 1. The van der Waals surface area contributed by atoms with Gasteiger partial charge in [0.15, 0.2) is 0 Å². The van der Waals surface area contributed by atoms with Gasteiger partial charge in [-0.05, 0) is 29.3 Å². The van der Waals surface area contributed by atoms with Crippen molar-refractivity contribution in [2.45, 2.75) is 19.9 Å². The monoisotopic (exact) mass is 336 g/mol. The molecule has 0 aromatic heterocycles. The third-order valence-corrected chi connectivity index (χ3v) is 3.99. The third-order valence-electron chi connectivity index (χ3n) is 3.99. The molecule has 0 aliphatic carbocycles. The van der Waals surface area contributed by atoms with Crippen LogP contribution >= 0.6 is 0 Å². The van der Waals surface area contributed by atoms with Gasteiger partial charge in [0, 0.05) is 29.9 Å². The molecular weight excluding hydrogens is 316 g/mol. The second kappa shape index (κ2) is 7.66. The Bertz CT molecular complexity index is 893. The number of nitrogens with zero attached hydrogens (tertiary/aromatic N) is 1. The molecule has 3 aromatic carbocycles. The second-order valence-corrected chi connectivity index (χ2v) is 5.77. The SMILES string of the molecule is CCCOc1ccc2ccccc2c1CNc1cccc([N+](=O)[O-])c1. The summed E-state index contributed by atoms with van der Waals surface area (Å²) >= 11 is 0. The van der Waals surface area contributed by atoms with Gasteiger partial charge in [-0.2, -0.15) is 0 Å². The molecule has 0 radical (unpaired) electrons. The van der Waals surface area contributed by atoms with Crippen LogP contribution in [0.3, 0.4) is 0 Å². The number of nitro groups is 1. The predicted molar refractivity (Wildman–Crippen MR) is 100 cm³/mol. The van der Waals surface area contributed by atoms with E-state index in [-0.39, 0.29) is 10.6 Å². The molecule has 0 aliphatic rings. The van der Waals surface area contributed by atoms with Crippen molar-refractivity contribution in [3.63, 3.8) is 0 Å². The molecule has 0 fully saturated rings. The van der Waals surface area contributed by atoms with Crippen LogP contribution in [0, 0.1) is 10.1 Å². The fourth-order valence-electron chi connectivity index (χ4n) is 2.77. The van der Waals surface area contributed by atoms with Crippen LogP contribution in [0.25, 0.3) is 10.8 Å². The lowest BCUT2D eigenvalue weighted by atomic mass is 10.0. The highest BCUT2D eigenvalue weighted by Gasteiger charge is 2.10. The summed E-state index contributed by atoms with van der Waals surface area (Å²) in [5.74, 6) is 0.846. The molecule has 3 rings (SSSR count). The van der Waals surface area contributed by atoms with Gasteiger partial charge < -0.3 is 10.1 Å². The molecular formula is C20H20N2O3. The van der Waals surface area contributed by atoms with Gasteiger partial charge in [-0.3, -0.25) is 10.1 Å². The molecule has 25 heavy (non-hydrogen) atoms. The van der Waals surface area contributed by atoms with Gasteiger partial charge in [0.2, 0.25) is 0 Å². The van der Waals surface area contributed by atoms with Crippen molar-refractivity contribution >= 4 is 22.1 Å². The number of hydrogen-bond donors (Lipinski definition) is 1. The molecule has 3 aromatic rings. The summed E-state index contributed by atoms with van der Waals surface area (Å²) in [4.78, 5) is 10.5. The average Bonchev–Trinajstić information content (AvgIpc) is 2.65. The van der Waals surface area contributed by atoms with E-state index in [1.807, 2.05) is 24.3 Å². The number of nitrogens with one attached hydrogen (secondary N) is 1. The van der Waals surface area contributed by atoms with Gasteiger partial charge in [0.05, 0.1) is 11.5 Å². The fraction of sp³-hybridized carbons (Fsp3) is 0.200. The second-order valence-electron chi connectivity index (χ2n) is 5.77. The van der Waals surface area contributed by atoms with Crippen LogP contribution in [0.5, 0.6) is 5.75 Å². The van der Waals surface area contributed by atoms with E-state index in [1.54, 1.807) is 6.07 Å². The lowest BCUT2D eigenvalue weighted by Crippen LogP contribution is -2.05. The molecule has 0 atom stereocenters. The first-order valence-electron chi connectivity index (χ1n) is 8.31. The van der Waals surface area contributed by atoms with Crippen molar-refractivity contribution in [3.8, 4) is 5.75 Å². The largest absolute Gasteiger partial charge is 0.493 e. The van der Waals surface area contributed by atoms with E-state index in [2.05, 4.69) is 30.4 Å². The number of benzene rings is 3. The molecule has 5 heteroatoms. The summed E-state index contributed by atoms with van der Waals surface area (Å²) in [5.41, 5.74) is 1.84. The maximum Gasteiger partial charge on any atom is 0.271 e. The van der Waals surface area contributed by atoms with Crippen LogP contribution in [0.15, 0.2) is 60.7 Å². The Morgan fingerprint density at radius 1 is 1.08 bits per heavy atom. The Hall–Kier alpha value is -3.08. The van der Waals surface area contributed by atoms with E-state index >= 15 is 0 Å². The number of nitro benzene ring substituents is 1. The van der Waals surface area contributed by atoms with Crippen LogP contribution in [0.4, 0.5) is 11.4 Å². The molecule has 0 saturated heterocycles. The third kappa shape index (κ3) is 3.88. The van der Waals surface area contributed by atoms with Gasteiger partial charge in [0.25, 0.3) is 5.69 Å². The summed E-state index contributed by atoms with van der Waals surface area (Å²) in [6, 6.07) is 18.7. The van der Waals surface area contributed by atoms with Crippen LogP contribution in [-0.4, -0.2) is 11.5 Å². The highest BCUT2D eigenvalue weighted by atomic mass is 16.6. The number of ether oxygens (including phenoxy) is 1.